The fourth-order valence-electron chi connectivity index (χ4n) is 3.97. The van der Waals surface area contributed by atoms with E-state index in [-0.39, 0.29) is 17.2 Å². The van der Waals surface area contributed by atoms with Gasteiger partial charge < -0.3 is 15.2 Å². The second-order valence-electron chi connectivity index (χ2n) is 8.92. The summed E-state index contributed by atoms with van der Waals surface area (Å²) in [6.07, 6.45) is 5.67. The van der Waals surface area contributed by atoms with Gasteiger partial charge in [-0.15, -0.1) is 0 Å². The van der Waals surface area contributed by atoms with Crippen LogP contribution in [0, 0.1) is 5.92 Å². The first-order valence-electron chi connectivity index (χ1n) is 11.4. The SMILES string of the molecule is CNC(=O)c1cn(CCC(C)C)cc(C(=O)NC2CCN(Cc3ccccc3)CC2)c1=O. The highest BCUT2D eigenvalue weighted by atomic mass is 16.2. The van der Waals surface area contributed by atoms with Gasteiger partial charge in [-0.05, 0) is 30.7 Å². The first-order valence-corrected chi connectivity index (χ1v) is 11.4. The van der Waals surface area contributed by atoms with E-state index in [0.29, 0.717) is 12.5 Å². The molecular formula is C25H34N4O3. The van der Waals surface area contributed by atoms with Crippen molar-refractivity contribution < 1.29 is 9.59 Å². The molecule has 172 valence electrons. The largest absolute Gasteiger partial charge is 0.355 e. The molecule has 2 amide bonds. The van der Waals surface area contributed by atoms with Gasteiger partial charge >= 0.3 is 0 Å². The second kappa shape index (κ2) is 11.1. The van der Waals surface area contributed by atoms with Crippen LogP contribution >= 0.6 is 0 Å². The molecule has 1 aromatic heterocycles. The zero-order chi connectivity index (χ0) is 23.1. The summed E-state index contributed by atoms with van der Waals surface area (Å²) in [5.74, 6) is -0.408. The lowest BCUT2D eigenvalue weighted by molar-refractivity contribution is 0.0907. The van der Waals surface area contributed by atoms with Crippen LogP contribution in [-0.2, 0) is 13.1 Å². The Morgan fingerprint density at radius 1 is 1.03 bits per heavy atom. The monoisotopic (exact) mass is 438 g/mol. The van der Waals surface area contributed by atoms with Crippen LogP contribution in [0.2, 0.25) is 0 Å². The fraction of sp³-hybridized carbons (Fsp3) is 0.480. The molecule has 7 heteroatoms. The van der Waals surface area contributed by atoms with Gasteiger partial charge in [0.1, 0.15) is 11.1 Å². The molecule has 1 aliphatic rings. The van der Waals surface area contributed by atoms with Crippen molar-refractivity contribution in [2.75, 3.05) is 20.1 Å². The predicted molar refractivity (Wildman–Crippen MR) is 126 cm³/mol. The first kappa shape index (κ1) is 23.7. The van der Waals surface area contributed by atoms with Crippen molar-refractivity contribution in [1.29, 1.82) is 0 Å². The van der Waals surface area contributed by atoms with Crippen LogP contribution in [0.15, 0.2) is 47.5 Å². The van der Waals surface area contributed by atoms with Crippen LogP contribution in [0.4, 0.5) is 0 Å². The summed E-state index contributed by atoms with van der Waals surface area (Å²) in [7, 11) is 1.48. The molecule has 3 rings (SSSR count). The number of piperidine rings is 1. The number of amides is 2. The highest BCUT2D eigenvalue weighted by Crippen LogP contribution is 2.14. The minimum Gasteiger partial charge on any atom is -0.355 e. The molecule has 0 bridgehead atoms. The summed E-state index contributed by atoms with van der Waals surface area (Å²) in [4.78, 5) is 40.4. The van der Waals surface area contributed by atoms with Gasteiger partial charge in [-0.25, -0.2) is 0 Å². The molecule has 0 aliphatic carbocycles. The Morgan fingerprint density at radius 2 is 1.66 bits per heavy atom. The minimum atomic E-state index is -0.524. The smallest absolute Gasteiger partial charge is 0.256 e. The lowest BCUT2D eigenvalue weighted by Gasteiger charge is -2.32. The molecule has 0 saturated carbocycles. The molecule has 0 radical (unpaired) electrons. The Hall–Kier alpha value is -2.93. The van der Waals surface area contributed by atoms with Gasteiger partial charge in [0.15, 0.2) is 0 Å². The zero-order valence-corrected chi connectivity index (χ0v) is 19.3. The molecule has 1 fully saturated rings. The Kier molecular flexibility index (Phi) is 8.22. The van der Waals surface area contributed by atoms with Crippen LogP contribution in [0.5, 0.6) is 0 Å². The molecule has 1 aliphatic heterocycles. The molecule has 2 aromatic rings. The van der Waals surface area contributed by atoms with Crippen molar-refractivity contribution in [1.82, 2.24) is 20.1 Å². The summed E-state index contributed by atoms with van der Waals surface area (Å²) >= 11 is 0. The lowest BCUT2D eigenvalue weighted by Crippen LogP contribution is -2.45. The van der Waals surface area contributed by atoms with Crippen molar-refractivity contribution in [3.8, 4) is 0 Å². The van der Waals surface area contributed by atoms with Gasteiger partial charge in [-0.3, -0.25) is 19.3 Å². The first-order chi connectivity index (χ1) is 15.4. The maximum Gasteiger partial charge on any atom is 0.256 e. The summed E-state index contributed by atoms with van der Waals surface area (Å²) in [6.45, 7) is 7.53. The molecule has 0 spiro atoms. The van der Waals surface area contributed by atoms with Crippen LogP contribution in [0.3, 0.4) is 0 Å². The molecule has 2 N–H and O–H groups in total. The van der Waals surface area contributed by atoms with Crippen LogP contribution in [0.25, 0.3) is 0 Å². The maximum atomic E-state index is 13.0. The van der Waals surface area contributed by atoms with E-state index in [1.165, 1.54) is 12.6 Å². The average Bonchev–Trinajstić information content (AvgIpc) is 2.79. The molecule has 0 atom stereocenters. The lowest BCUT2D eigenvalue weighted by atomic mass is 10.0. The van der Waals surface area contributed by atoms with E-state index >= 15 is 0 Å². The predicted octanol–water partition coefficient (Wildman–Crippen LogP) is 2.65. The van der Waals surface area contributed by atoms with Crippen LogP contribution < -0.4 is 16.1 Å². The van der Waals surface area contributed by atoms with Crippen molar-refractivity contribution in [3.63, 3.8) is 0 Å². The number of aryl methyl sites for hydroxylation is 1. The molecule has 2 heterocycles. The third-order valence-corrected chi connectivity index (χ3v) is 5.93. The highest BCUT2D eigenvalue weighted by Gasteiger charge is 2.24. The topological polar surface area (TPSA) is 83.4 Å². The minimum absolute atomic E-state index is 0.00147. The number of carbonyl (C=O) groups is 2. The fourth-order valence-corrected chi connectivity index (χ4v) is 3.97. The quantitative estimate of drug-likeness (QED) is 0.664. The molecule has 1 saturated heterocycles. The van der Waals surface area contributed by atoms with Crippen LogP contribution in [0.1, 0.15) is 59.4 Å². The number of hydrogen-bond donors (Lipinski definition) is 2. The Balaban J connectivity index is 1.67. The number of carbonyl (C=O) groups excluding carboxylic acids is 2. The molecular weight excluding hydrogens is 404 g/mol. The zero-order valence-electron chi connectivity index (χ0n) is 19.3. The number of benzene rings is 1. The third kappa shape index (κ3) is 6.29. The number of aromatic nitrogens is 1. The molecule has 7 nitrogen and oxygen atoms in total. The summed E-state index contributed by atoms with van der Waals surface area (Å²) in [5, 5.41) is 5.52. The van der Waals surface area contributed by atoms with E-state index in [4.69, 9.17) is 0 Å². The average molecular weight is 439 g/mol. The van der Waals surface area contributed by atoms with Crippen molar-refractivity contribution in [2.24, 2.45) is 5.92 Å². The number of nitrogens with zero attached hydrogens (tertiary/aromatic N) is 2. The normalized spacial score (nSPS) is 15.0. The summed E-state index contributed by atoms with van der Waals surface area (Å²) in [6, 6.07) is 10.4. The van der Waals surface area contributed by atoms with Gasteiger partial charge in [-0.1, -0.05) is 44.2 Å². The van der Waals surface area contributed by atoms with Crippen molar-refractivity contribution in [2.45, 2.75) is 52.2 Å². The van der Waals surface area contributed by atoms with Crippen LogP contribution in [-0.4, -0.2) is 47.5 Å². The number of nitrogens with one attached hydrogen (secondary N) is 2. The summed E-state index contributed by atoms with van der Waals surface area (Å²) in [5.41, 5.74) is 0.787. The van der Waals surface area contributed by atoms with Gasteiger partial charge in [0.25, 0.3) is 11.8 Å². The van der Waals surface area contributed by atoms with E-state index < -0.39 is 17.2 Å². The van der Waals surface area contributed by atoms with Gasteiger partial charge in [-0.2, -0.15) is 0 Å². The highest BCUT2D eigenvalue weighted by molar-refractivity contribution is 5.99. The van der Waals surface area contributed by atoms with Gasteiger partial charge in [0, 0.05) is 51.7 Å². The van der Waals surface area contributed by atoms with E-state index in [2.05, 4.69) is 41.5 Å². The number of hydrogen-bond acceptors (Lipinski definition) is 4. The Labute approximate surface area is 189 Å². The number of likely N-dealkylation sites (tertiary alicyclic amines) is 1. The number of pyridine rings is 1. The standard InChI is InChI=1S/C25H34N4O3/c1-18(2)9-12-29-16-21(24(31)26-3)23(30)22(17-29)25(32)27-20-10-13-28(14-11-20)15-19-7-5-4-6-8-19/h4-8,16-18,20H,9-15H2,1-3H3,(H,26,31)(H,27,32). The van der Waals surface area contributed by atoms with E-state index in [1.54, 1.807) is 17.0 Å². The molecule has 32 heavy (non-hydrogen) atoms. The van der Waals surface area contributed by atoms with Crippen molar-refractivity contribution in [3.05, 3.63) is 69.6 Å². The van der Waals surface area contributed by atoms with Gasteiger partial charge in [0.2, 0.25) is 5.43 Å². The van der Waals surface area contributed by atoms with Gasteiger partial charge in [0.05, 0.1) is 0 Å². The maximum absolute atomic E-state index is 13.0. The Morgan fingerprint density at radius 3 is 2.25 bits per heavy atom. The Bertz CT molecular complexity index is 976. The number of rotatable bonds is 8. The molecule has 0 unspecified atom stereocenters. The second-order valence-corrected chi connectivity index (χ2v) is 8.92. The van der Waals surface area contributed by atoms with E-state index in [9.17, 15) is 14.4 Å². The summed E-state index contributed by atoms with van der Waals surface area (Å²) < 4.78 is 1.78. The van der Waals surface area contributed by atoms with E-state index in [1.807, 2.05) is 18.2 Å². The van der Waals surface area contributed by atoms with Crippen molar-refractivity contribution >= 4 is 11.8 Å². The van der Waals surface area contributed by atoms with E-state index in [0.717, 1.165) is 38.9 Å². The molecule has 1 aromatic carbocycles. The third-order valence-electron chi connectivity index (χ3n) is 5.93.